The summed E-state index contributed by atoms with van der Waals surface area (Å²) in [6, 6.07) is 4.57. The Morgan fingerprint density at radius 3 is 2.52 bits per heavy atom. The van der Waals surface area contributed by atoms with Gasteiger partial charge in [-0.15, -0.1) is 0 Å². The molecule has 0 saturated heterocycles. The lowest BCUT2D eigenvalue weighted by Gasteiger charge is -2.09. The van der Waals surface area contributed by atoms with Crippen LogP contribution in [-0.4, -0.2) is 27.1 Å². The number of aromatic carboxylic acids is 1. The first kappa shape index (κ1) is 14.4. The van der Waals surface area contributed by atoms with Gasteiger partial charge in [0.15, 0.2) is 11.6 Å². The van der Waals surface area contributed by atoms with E-state index in [0.717, 1.165) is 18.3 Å². The van der Waals surface area contributed by atoms with Crippen LogP contribution in [0.1, 0.15) is 20.7 Å². The molecule has 2 aromatic rings. The normalized spacial score (nSPS) is 10.2. The number of nitrogens with one attached hydrogen (secondary N) is 1. The van der Waals surface area contributed by atoms with Crippen molar-refractivity contribution in [3.8, 4) is 5.75 Å². The van der Waals surface area contributed by atoms with Crippen molar-refractivity contribution >= 4 is 17.6 Å². The maximum atomic E-state index is 13.4. The van der Waals surface area contributed by atoms with Crippen molar-refractivity contribution in [2.75, 3.05) is 5.32 Å². The predicted octanol–water partition coefficient (Wildman–Crippen LogP) is 2.02. The van der Waals surface area contributed by atoms with Gasteiger partial charge in [0, 0.05) is 6.20 Å². The number of hydrogen-bond acceptors (Lipinski definition) is 4. The van der Waals surface area contributed by atoms with E-state index < -0.39 is 40.5 Å². The molecule has 108 valence electrons. The molecule has 0 spiro atoms. The number of para-hydroxylation sites is 1. The number of amides is 1. The lowest BCUT2D eigenvalue weighted by Crippen LogP contribution is -2.15. The number of pyridine rings is 1. The molecule has 1 aromatic heterocycles. The second-order valence-electron chi connectivity index (χ2n) is 3.92. The maximum Gasteiger partial charge on any atom is 0.339 e. The van der Waals surface area contributed by atoms with E-state index in [9.17, 15) is 23.5 Å². The molecule has 21 heavy (non-hydrogen) atoms. The quantitative estimate of drug-likeness (QED) is 0.594. The Morgan fingerprint density at radius 2 is 1.86 bits per heavy atom. The van der Waals surface area contributed by atoms with Crippen LogP contribution in [-0.2, 0) is 0 Å². The number of aromatic nitrogens is 1. The van der Waals surface area contributed by atoms with Crippen molar-refractivity contribution in [3.63, 3.8) is 0 Å². The van der Waals surface area contributed by atoms with E-state index in [1.54, 1.807) is 0 Å². The zero-order valence-corrected chi connectivity index (χ0v) is 10.3. The summed E-state index contributed by atoms with van der Waals surface area (Å²) in [5, 5.41) is 20.6. The third kappa shape index (κ3) is 2.78. The second kappa shape index (κ2) is 5.53. The molecule has 0 radical (unpaired) electrons. The molecule has 3 N–H and O–H groups in total. The number of anilines is 1. The molecular weight excluding hydrogens is 286 g/mol. The number of phenols is 1. The number of rotatable bonds is 3. The lowest BCUT2D eigenvalue weighted by molar-refractivity contribution is 0.0693. The summed E-state index contributed by atoms with van der Waals surface area (Å²) < 4.78 is 26.3. The Labute approximate surface area is 116 Å². The fourth-order valence-corrected chi connectivity index (χ4v) is 1.60. The number of carboxylic acid groups (broad SMARTS) is 1. The first-order chi connectivity index (χ1) is 9.91. The molecule has 0 fully saturated rings. The first-order valence-electron chi connectivity index (χ1n) is 5.58. The van der Waals surface area contributed by atoms with Gasteiger partial charge >= 0.3 is 5.97 Å². The molecule has 6 nitrogen and oxygen atoms in total. The molecule has 0 atom stereocenters. The Balaban J connectivity index is 2.34. The summed E-state index contributed by atoms with van der Waals surface area (Å²) in [5.74, 6) is -6.01. The van der Waals surface area contributed by atoms with E-state index in [4.69, 9.17) is 5.11 Å². The van der Waals surface area contributed by atoms with Crippen LogP contribution < -0.4 is 5.32 Å². The molecule has 0 unspecified atom stereocenters. The summed E-state index contributed by atoms with van der Waals surface area (Å²) in [4.78, 5) is 25.7. The topological polar surface area (TPSA) is 99.5 Å². The van der Waals surface area contributed by atoms with Gasteiger partial charge in [-0.2, -0.15) is 4.39 Å². The molecule has 1 heterocycles. The van der Waals surface area contributed by atoms with Crippen LogP contribution in [0.3, 0.4) is 0 Å². The molecule has 2 rings (SSSR count). The molecule has 0 saturated carbocycles. The standard InChI is InChI=1S/C13H8F2N2O4/c14-9-6(4-5-16-11(9)15)12(19)17-8-3-1-2-7(10(8)18)13(20)21/h1-5,18H,(H,17,19)(H,20,21). The highest BCUT2D eigenvalue weighted by molar-refractivity contribution is 6.06. The summed E-state index contributed by atoms with van der Waals surface area (Å²) in [6.45, 7) is 0. The van der Waals surface area contributed by atoms with Gasteiger partial charge in [-0.05, 0) is 18.2 Å². The van der Waals surface area contributed by atoms with Gasteiger partial charge in [-0.25, -0.2) is 14.2 Å². The fourth-order valence-electron chi connectivity index (χ4n) is 1.60. The number of nitrogens with zero attached hydrogens (tertiary/aromatic N) is 1. The van der Waals surface area contributed by atoms with Crippen molar-refractivity contribution in [3.05, 3.63) is 53.4 Å². The van der Waals surface area contributed by atoms with Crippen LogP contribution in [0.5, 0.6) is 5.75 Å². The number of carbonyl (C=O) groups is 2. The molecular formula is C13H8F2N2O4. The van der Waals surface area contributed by atoms with Crippen molar-refractivity contribution in [2.45, 2.75) is 0 Å². The highest BCUT2D eigenvalue weighted by Gasteiger charge is 2.19. The van der Waals surface area contributed by atoms with E-state index in [2.05, 4.69) is 10.3 Å². The number of carbonyl (C=O) groups excluding carboxylic acids is 1. The Hall–Kier alpha value is -3.03. The summed E-state index contributed by atoms with van der Waals surface area (Å²) >= 11 is 0. The molecule has 1 amide bonds. The van der Waals surface area contributed by atoms with E-state index in [-0.39, 0.29) is 5.69 Å². The fraction of sp³-hybridized carbons (Fsp3) is 0. The zero-order chi connectivity index (χ0) is 15.6. The highest BCUT2D eigenvalue weighted by atomic mass is 19.2. The summed E-state index contributed by atoms with van der Waals surface area (Å²) in [5.41, 5.74) is -1.30. The molecule has 0 aliphatic heterocycles. The van der Waals surface area contributed by atoms with E-state index >= 15 is 0 Å². The number of halogens is 2. The maximum absolute atomic E-state index is 13.4. The van der Waals surface area contributed by atoms with Gasteiger partial charge in [0.1, 0.15) is 5.56 Å². The van der Waals surface area contributed by atoms with Crippen molar-refractivity contribution < 1.29 is 28.6 Å². The molecule has 0 bridgehead atoms. The van der Waals surface area contributed by atoms with Crippen molar-refractivity contribution in [1.82, 2.24) is 4.98 Å². The molecule has 0 aliphatic carbocycles. The van der Waals surface area contributed by atoms with Gasteiger partial charge in [0.25, 0.3) is 5.91 Å². The van der Waals surface area contributed by atoms with Crippen molar-refractivity contribution in [2.24, 2.45) is 0 Å². The van der Waals surface area contributed by atoms with E-state index in [1.165, 1.54) is 12.1 Å². The highest BCUT2D eigenvalue weighted by Crippen LogP contribution is 2.28. The van der Waals surface area contributed by atoms with Crippen LogP contribution in [0, 0.1) is 11.8 Å². The lowest BCUT2D eigenvalue weighted by atomic mass is 10.1. The van der Waals surface area contributed by atoms with Gasteiger partial charge in [-0.1, -0.05) is 6.07 Å². The second-order valence-corrected chi connectivity index (χ2v) is 3.92. The Morgan fingerprint density at radius 1 is 1.14 bits per heavy atom. The third-order valence-electron chi connectivity index (χ3n) is 2.61. The van der Waals surface area contributed by atoms with E-state index in [1.807, 2.05) is 0 Å². The first-order valence-corrected chi connectivity index (χ1v) is 5.58. The van der Waals surface area contributed by atoms with Gasteiger partial charge in [0.05, 0.1) is 11.3 Å². The predicted molar refractivity (Wildman–Crippen MR) is 67.2 cm³/mol. The number of aromatic hydroxyl groups is 1. The number of benzene rings is 1. The largest absolute Gasteiger partial charge is 0.505 e. The average molecular weight is 294 g/mol. The Bertz CT molecular complexity index is 734. The van der Waals surface area contributed by atoms with Gasteiger partial charge in [-0.3, -0.25) is 4.79 Å². The SMILES string of the molecule is O=C(O)c1cccc(NC(=O)c2ccnc(F)c2F)c1O. The smallest absolute Gasteiger partial charge is 0.339 e. The molecule has 8 heteroatoms. The summed E-state index contributed by atoms with van der Waals surface area (Å²) in [7, 11) is 0. The Kier molecular flexibility index (Phi) is 3.79. The molecule has 0 aliphatic rings. The van der Waals surface area contributed by atoms with Crippen LogP contribution in [0.25, 0.3) is 0 Å². The summed E-state index contributed by atoms with van der Waals surface area (Å²) in [6.07, 6.45) is 0.904. The van der Waals surface area contributed by atoms with Crippen molar-refractivity contribution in [1.29, 1.82) is 0 Å². The van der Waals surface area contributed by atoms with Gasteiger partial charge in [0.2, 0.25) is 5.95 Å². The van der Waals surface area contributed by atoms with Crippen LogP contribution in [0.4, 0.5) is 14.5 Å². The third-order valence-corrected chi connectivity index (χ3v) is 2.61. The van der Waals surface area contributed by atoms with Gasteiger partial charge < -0.3 is 15.5 Å². The monoisotopic (exact) mass is 294 g/mol. The number of carboxylic acids is 1. The zero-order valence-electron chi connectivity index (χ0n) is 10.3. The van der Waals surface area contributed by atoms with Crippen LogP contribution in [0.15, 0.2) is 30.5 Å². The minimum absolute atomic E-state index is 0.239. The minimum atomic E-state index is -1.44. The number of hydrogen-bond donors (Lipinski definition) is 3. The molecule has 1 aromatic carbocycles. The minimum Gasteiger partial charge on any atom is -0.505 e. The average Bonchev–Trinajstić information content (AvgIpc) is 2.43. The van der Waals surface area contributed by atoms with Crippen LogP contribution in [0.2, 0.25) is 0 Å². The van der Waals surface area contributed by atoms with Crippen LogP contribution >= 0.6 is 0 Å². The van der Waals surface area contributed by atoms with E-state index in [0.29, 0.717) is 0 Å².